The van der Waals surface area contributed by atoms with E-state index in [4.69, 9.17) is 10.5 Å². The molecule has 15 nitrogen and oxygen atoms in total. The molecule has 1 aliphatic rings. The number of H-pyrrole nitrogens is 1. The average Bonchev–Trinajstić information content (AvgIpc) is 3.75. The summed E-state index contributed by atoms with van der Waals surface area (Å²) in [5, 5.41) is 20.0. The SMILES string of the molecule is CCN(CC)CCCNC(=O)c1ccc(-c2ccc(C[C@@H](C(N)=O)N(C(=O)C3CCC(CNC(=O)OC(C)(C)C)CC3)c3ccc(-c4nn[nH]n4)cc3)cc2)c(C)n1. The number of nitrogens with one attached hydrogen (secondary N) is 3. The highest BCUT2D eigenvalue weighted by Gasteiger charge is 2.36. The number of pyridine rings is 1. The Labute approximate surface area is 340 Å². The number of aryl methyl sites for hydroxylation is 1. The summed E-state index contributed by atoms with van der Waals surface area (Å²) in [6, 6.07) is 17.5. The number of anilines is 1. The molecule has 0 spiro atoms. The third-order valence-corrected chi connectivity index (χ3v) is 10.6. The molecular weight excluding hydrogens is 737 g/mol. The Bertz CT molecular complexity index is 1970. The minimum atomic E-state index is -0.978. The van der Waals surface area contributed by atoms with Crippen molar-refractivity contribution in [1.82, 2.24) is 41.1 Å². The van der Waals surface area contributed by atoms with Gasteiger partial charge in [0.25, 0.3) is 5.91 Å². The molecule has 1 atom stereocenters. The first-order chi connectivity index (χ1) is 27.8. The third-order valence-electron chi connectivity index (χ3n) is 10.6. The van der Waals surface area contributed by atoms with Crippen molar-refractivity contribution >= 4 is 29.5 Å². The van der Waals surface area contributed by atoms with Gasteiger partial charge in [0.2, 0.25) is 17.6 Å². The number of aromatic amines is 1. The van der Waals surface area contributed by atoms with Crippen LogP contribution < -0.4 is 21.3 Å². The van der Waals surface area contributed by atoms with Crippen LogP contribution in [0.2, 0.25) is 0 Å². The van der Waals surface area contributed by atoms with Crippen LogP contribution in [0.1, 0.15) is 88.5 Å². The van der Waals surface area contributed by atoms with E-state index >= 15 is 0 Å². The molecule has 1 aliphatic carbocycles. The fourth-order valence-electron chi connectivity index (χ4n) is 7.36. The number of carbonyl (C=O) groups excluding carboxylic acids is 4. The largest absolute Gasteiger partial charge is 0.444 e. The van der Waals surface area contributed by atoms with Gasteiger partial charge in [0, 0.05) is 47.9 Å². The number of hydrogen-bond donors (Lipinski definition) is 4. The number of benzene rings is 2. The van der Waals surface area contributed by atoms with Crippen LogP contribution in [0.5, 0.6) is 0 Å². The topological polar surface area (TPSA) is 201 Å². The first-order valence-corrected chi connectivity index (χ1v) is 20.3. The van der Waals surface area contributed by atoms with E-state index in [1.807, 2.05) is 58.0 Å². The number of ether oxygens (including phenoxy) is 1. The quantitative estimate of drug-likeness (QED) is 0.0995. The molecule has 5 rings (SSSR count). The molecular formula is C43H58N10O5. The van der Waals surface area contributed by atoms with Gasteiger partial charge in [0.1, 0.15) is 17.3 Å². The zero-order chi connectivity index (χ0) is 41.8. The highest BCUT2D eigenvalue weighted by atomic mass is 16.6. The summed E-state index contributed by atoms with van der Waals surface area (Å²) in [7, 11) is 0. The molecule has 5 N–H and O–H groups in total. The summed E-state index contributed by atoms with van der Waals surface area (Å²) in [5.41, 5.74) is 10.4. The van der Waals surface area contributed by atoms with Gasteiger partial charge in [-0.3, -0.25) is 19.3 Å². The molecule has 15 heteroatoms. The normalized spacial score (nSPS) is 16.1. The maximum Gasteiger partial charge on any atom is 0.407 e. The molecule has 58 heavy (non-hydrogen) atoms. The van der Waals surface area contributed by atoms with E-state index in [0.29, 0.717) is 48.7 Å². The summed E-state index contributed by atoms with van der Waals surface area (Å²) in [6.45, 7) is 15.5. The van der Waals surface area contributed by atoms with E-state index in [9.17, 15) is 19.2 Å². The van der Waals surface area contributed by atoms with Gasteiger partial charge in [-0.2, -0.15) is 5.21 Å². The number of primary amides is 1. The van der Waals surface area contributed by atoms with Gasteiger partial charge in [-0.25, -0.2) is 9.78 Å². The second kappa shape index (κ2) is 20.1. The van der Waals surface area contributed by atoms with Crippen molar-refractivity contribution in [2.24, 2.45) is 17.6 Å². The zero-order valence-corrected chi connectivity index (χ0v) is 34.6. The Balaban J connectivity index is 1.29. The van der Waals surface area contributed by atoms with E-state index in [0.717, 1.165) is 61.3 Å². The van der Waals surface area contributed by atoms with Crippen LogP contribution in [0.3, 0.4) is 0 Å². The molecule has 0 saturated heterocycles. The highest BCUT2D eigenvalue weighted by Crippen LogP contribution is 2.33. The highest BCUT2D eigenvalue weighted by molar-refractivity contribution is 6.02. The number of aromatic nitrogens is 5. The van der Waals surface area contributed by atoms with Gasteiger partial charge < -0.3 is 26.0 Å². The van der Waals surface area contributed by atoms with Crippen LogP contribution in [0.4, 0.5) is 10.5 Å². The van der Waals surface area contributed by atoms with Crippen molar-refractivity contribution in [2.75, 3.05) is 37.6 Å². The minimum absolute atomic E-state index is 0.180. The van der Waals surface area contributed by atoms with Gasteiger partial charge in [0.15, 0.2) is 0 Å². The molecule has 0 aliphatic heterocycles. The third kappa shape index (κ3) is 11.9. The van der Waals surface area contributed by atoms with Crippen LogP contribution in [0, 0.1) is 18.8 Å². The lowest BCUT2D eigenvalue weighted by Gasteiger charge is -2.36. The first kappa shape index (κ1) is 43.4. The van der Waals surface area contributed by atoms with Crippen molar-refractivity contribution in [1.29, 1.82) is 0 Å². The molecule has 1 fully saturated rings. The molecule has 4 amide bonds. The van der Waals surface area contributed by atoms with Crippen molar-refractivity contribution in [3.63, 3.8) is 0 Å². The number of rotatable bonds is 17. The average molecular weight is 795 g/mol. The van der Waals surface area contributed by atoms with Crippen LogP contribution >= 0.6 is 0 Å². The Morgan fingerprint density at radius 1 is 0.914 bits per heavy atom. The monoisotopic (exact) mass is 794 g/mol. The number of alkyl carbamates (subject to hydrolysis) is 1. The molecule has 2 aromatic carbocycles. The number of tetrazole rings is 1. The maximum atomic E-state index is 14.5. The van der Waals surface area contributed by atoms with E-state index in [2.05, 4.69) is 55.0 Å². The Kier molecular flexibility index (Phi) is 15.1. The molecule has 2 heterocycles. The predicted molar refractivity (Wildman–Crippen MR) is 223 cm³/mol. The number of amides is 4. The predicted octanol–water partition coefficient (Wildman–Crippen LogP) is 5.46. The Morgan fingerprint density at radius 2 is 1.59 bits per heavy atom. The van der Waals surface area contributed by atoms with Crippen LogP contribution in [0.25, 0.3) is 22.5 Å². The molecule has 310 valence electrons. The fraction of sp³-hybridized carbons (Fsp3) is 0.488. The van der Waals surface area contributed by atoms with Crippen LogP contribution in [0.15, 0.2) is 60.7 Å². The van der Waals surface area contributed by atoms with Gasteiger partial charge in [-0.1, -0.05) is 44.2 Å². The maximum absolute atomic E-state index is 14.5. The van der Waals surface area contributed by atoms with E-state index in [-0.39, 0.29) is 30.1 Å². The summed E-state index contributed by atoms with van der Waals surface area (Å²) < 4.78 is 5.38. The lowest BCUT2D eigenvalue weighted by atomic mass is 9.81. The fourth-order valence-corrected chi connectivity index (χ4v) is 7.36. The summed E-state index contributed by atoms with van der Waals surface area (Å²) in [6.07, 6.45) is 3.26. The summed E-state index contributed by atoms with van der Waals surface area (Å²) in [4.78, 5) is 61.4. The van der Waals surface area contributed by atoms with Gasteiger partial charge >= 0.3 is 6.09 Å². The minimum Gasteiger partial charge on any atom is -0.444 e. The number of carbonyl (C=O) groups is 4. The summed E-state index contributed by atoms with van der Waals surface area (Å²) in [5.74, 6) is -0.748. The Hall–Kier alpha value is -5.70. The molecule has 0 radical (unpaired) electrons. The second-order valence-corrected chi connectivity index (χ2v) is 15.9. The number of hydrogen-bond acceptors (Lipinski definition) is 10. The lowest BCUT2D eigenvalue weighted by Crippen LogP contribution is -2.52. The molecule has 0 bridgehead atoms. The molecule has 4 aromatic rings. The standard InChI is InChI=1S/C43H58N10O5/c1-7-52(8-2)25-9-24-45-40(55)36-23-22-35(28(3)47-36)31-14-10-29(11-15-31)26-37(38(44)54)53(34-20-18-32(19-21-34)39-48-50-51-49-39)41(56)33-16-12-30(13-17-33)27-46-42(57)58-43(4,5)6/h10-11,14-15,18-23,30,33,37H,7-9,12-13,16-17,24-27H2,1-6H3,(H2,44,54)(H,45,55)(H,46,57)(H,48,49,50,51)/t30?,33?,37-/m0/s1. The van der Waals surface area contributed by atoms with E-state index in [1.165, 1.54) is 0 Å². The van der Waals surface area contributed by atoms with Crippen molar-refractivity contribution in [2.45, 2.75) is 91.7 Å². The Morgan fingerprint density at radius 3 is 2.17 bits per heavy atom. The van der Waals surface area contributed by atoms with E-state index in [1.54, 1.807) is 35.2 Å². The smallest absolute Gasteiger partial charge is 0.407 e. The lowest BCUT2D eigenvalue weighted by molar-refractivity contribution is -0.127. The molecule has 1 saturated carbocycles. The van der Waals surface area contributed by atoms with E-state index < -0.39 is 23.6 Å². The first-order valence-electron chi connectivity index (χ1n) is 20.3. The summed E-state index contributed by atoms with van der Waals surface area (Å²) >= 11 is 0. The number of nitrogens with zero attached hydrogens (tertiary/aromatic N) is 6. The van der Waals surface area contributed by atoms with Crippen LogP contribution in [-0.4, -0.2) is 98.7 Å². The molecule has 2 aromatic heterocycles. The van der Waals surface area contributed by atoms with Crippen molar-refractivity contribution in [3.8, 4) is 22.5 Å². The molecule has 0 unspecified atom stereocenters. The van der Waals surface area contributed by atoms with Gasteiger partial charge in [0.05, 0.1) is 0 Å². The zero-order valence-electron chi connectivity index (χ0n) is 34.6. The van der Waals surface area contributed by atoms with Crippen molar-refractivity contribution < 1.29 is 23.9 Å². The van der Waals surface area contributed by atoms with Crippen molar-refractivity contribution in [3.05, 3.63) is 77.6 Å². The van der Waals surface area contributed by atoms with Gasteiger partial charge in [-0.15, -0.1) is 10.2 Å². The number of nitrogens with two attached hydrogens (primary N) is 1. The van der Waals surface area contributed by atoms with Gasteiger partial charge in [-0.05, 0) is 132 Å². The van der Waals surface area contributed by atoms with Crippen LogP contribution in [-0.2, 0) is 20.7 Å². The second-order valence-electron chi connectivity index (χ2n) is 15.9.